The number of aromatic nitrogens is 1. The molecule has 0 aliphatic heterocycles. The van der Waals surface area contributed by atoms with Gasteiger partial charge in [0.05, 0.1) is 6.20 Å². The number of rotatable bonds is 3. The Hall–Kier alpha value is -1.55. The first kappa shape index (κ1) is 13.9. The van der Waals surface area contributed by atoms with E-state index in [-0.39, 0.29) is 5.41 Å². The Bertz CT molecular complexity index is 650. The van der Waals surface area contributed by atoms with Crippen molar-refractivity contribution in [2.75, 3.05) is 0 Å². The maximum Gasteiger partial charge on any atom is 0.202 e. The third-order valence-electron chi connectivity index (χ3n) is 2.97. The van der Waals surface area contributed by atoms with E-state index < -0.39 is 9.52 Å². The van der Waals surface area contributed by atoms with Crippen LogP contribution in [0.2, 0.25) is 0 Å². The second-order valence-electron chi connectivity index (χ2n) is 5.73. The Morgan fingerprint density at radius 2 is 2.11 bits per heavy atom. The van der Waals surface area contributed by atoms with E-state index in [1.54, 1.807) is 0 Å². The fraction of sp³-hybridized carbons (Fsp3) is 0.333. The lowest BCUT2D eigenvalue weighted by Gasteiger charge is -2.20. The summed E-state index contributed by atoms with van der Waals surface area (Å²) in [6.07, 6.45) is 2.76. The number of hydrogen-bond donors (Lipinski definition) is 0. The molecule has 0 fully saturated rings. The average molecular weight is 277 g/mol. The molecule has 0 spiro atoms. The molecular weight excluding hydrogens is 258 g/mol. The van der Waals surface area contributed by atoms with Gasteiger partial charge in [-0.15, -0.1) is 0 Å². The highest BCUT2D eigenvalue weighted by molar-refractivity contribution is 7.99. The molecule has 0 saturated heterocycles. The Kier molecular flexibility index (Phi) is 3.54. The summed E-state index contributed by atoms with van der Waals surface area (Å²) >= 11 is 0. The summed E-state index contributed by atoms with van der Waals surface area (Å²) in [4.78, 5) is 3.80. The standard InChI is InChI=1S/C15H19NO2S/c1-15(2,3)13-7-5-6-12(8-13)10-19(4,17)14-9-16-11-18-14/h5-9,11H,4,10H2,1-3H3. The molecule has 0 amide bonds. The third-order valence-corrected chi connectivity index (χ3v) is 4.70. The fourth-order valence-corrected chi connectivity index (χ4v) is 3.19. The third kappa shape index (κ3) is 3.26. The minimum atomic E-state index is -2.46. The van der Waals surface area contributed by atoms with E-state index in [4.69, 9.17) is 4.42 Å². The predicted molar refractivity (Wildman–Crippen MR) is 78.9 cm³/mol. The van der Waals surface area contributed by atoms with Crippen molar-refractivity contribution in [2.24, 2.45) is 0 Å². The molecule has 3 nitrogen and oxygen atoms in total. The van der Waals surface area contributed by atoms with E-state index in [9.17, 15) is 4.21 Å². The van der Waals surface area contributed by atoms with Crippen LogP contribution < -0.4 is 0 Å². The van der Waals surface area contributed by atoms with Gasteiger partial charge < -0.3 is 4.42 Å². The van der Waals surface area contributed by atoms with Crippen molar-refractivity contribution in [3.63, 3.8) is 0 Å². The van der Waals surface area contributed by atoms with E-state index in [2.05, 4.69) is 43.8 Å². The van der Waals surface area contributed by atoms with Crippen molar-refractivity contribution >= 4 is 15.4 Å². The van der Waals surface area contributed by atoms with Crippen LogP contribution in [0.4, 0.5) is 0 Å². The second-order valence-corrected chi connectivity index (χ2v) is 8.04. The molecule has 0 radical (unpaired) electrons. The molecule has 0 N–H and O–H groups in total. The zero-order chi connectivity index (χ0) is 14.1. The molecule has 0 aliphatic rings. The summed E-state index contributed by atoms with van der Waals surface area (Å²) in [6.45, 7) is 6.47. The summed E-state index contributed by atoms with van der Waals surface area (Å²) in [6, 6.07) is 8.13. The first-order valence-corrected chi connectivity index (χ1v) is 8.01. The first-order valence-electron chi connectivity index (χ1n) is 6.12. The summed E-state index contributed by atoms with van der Waals surface area (Å²) in [5.41, 5.74) is 2.30. The lowest BCUT2D eigenvalue weighted by Crippen LogP contribution is -2.12. The van der Waals surface area contributed by atoms with Gasteiger partial charge in [-0.05, 0) is 22.4 Å². The van der Waals surface area contributed by atoms with Crippen LogP contribution in [0.25, 0.3) is 0 Å². The Morgan fingerprint density at radius 3 is 2.68 bits per heavy atom. The number of benzene rings is 1. The van der Waals surface area contributed by atoms with Crippen molar-refractivity contribution in [1.82, 2.24) is 4.98 Å². The highest BCUT2D eigenvalue weighted by atomic mass is 32.2. The maximum atomic E-state index is 12.5. The van der Waals surface area contributed by atoms with Gasteiger partial charge in [-0.1, -0.05) is 45.0 Å². The normalized spacial score (nSPS) is 15.1. The smallest absolute Gasteiger partial charge is 0.202 e. The zero-order valence-electron chi connectivity index (χ0n) is 11.6. The van der Waals surface area contributed by atoms with E-state index in [0.29, 0.717) is 10.8 Å². The van der Waals surface area contributed by atoms with Gasteiger partial charge in [0.15, 0.2) is 6.39 Å². The molecule has 1 atom stereocenters. The highest BCUT2D eigenvalue weighted by Gasteiger charge is 2.16. The molecule has 1 aromatic heterocycles. The molecule has 2 aromatic rings. The quantitative estimate of drug-likeness (QED) is 0.809. The summed E-state index contributed by atoms with van der Waals surface area (Å²) in [7, 11) is -2.46. The van der Waals surface area contributed by atoms with Gasteiger partial charge in [-0.3, -0.25) is 4.21 Å². The molecule has 0 bridgehead atoms. The van der Waals surface area contributed by atoms with Gasteiger partial charge in [0.1, 0.15) is 0 Å². The Labute approximate surface area is 114 Å². The molecule has 19 heavy (non-hydrogen) atoms. The molecule has 4 heteroatoms. The van der Waals surface area contributed by atoms with Crippen LogP contribution in [-0.2, 0) is 20.7 Å². The Balaban J connectivity index is 2.30. The van der Waals surface area contributed by atoms with Gasteiger partial charge in [-0.2, -0.15) is 0 Å². The minimum Gasteiger partial charge on any atom is -0.435 e. The highest BCUT2D eigenvalue weighted by Crippen LogP contribution is 2.24. The van der Waals surface area contributed by atoms with Crippen molar-refractivity contribution in [3.8, 4) is 0 Å². The number of hydrogen-bond acceptors (Lipinski definition) is 3. The van der Waals surface area contributed by atoms with Crippen LogP contribution in [0.15, 0.2) is 46.4 Å². The summed E-state index contributed by atoms with van der Waals surface area (Å²) in [5.74, 6) is 4.16. The molecule has 0 aliphatic carbocycles. The lowest BCUT2D eigenvalue weighted by molar-refractivity contribution is 0.460. The number of nitrogens with zero attached hydrogens (tertiary/aromatic N) is 1. The van der Waals surface area contributed by atoms with Gasteiger partial charge in [-0.25, -0.2) is 4.98 Å². The van der Waals surface area contributed by atoms with Gasteiger partial charge >= 0.3 is 0 Å². The molecule has 2 rings (SSSR count). The maximum absolute atomic E-state index is 12.5. The van der Waals surface area contributed by atoms with Crippen LogP contribution in [0, 0.1) is 0 Å². The van der Waals surface area contributed by atoms with Crippen LogP contribution >= 0.6 is 0 Å². The van der Waals surface area contributed by atoms with E-state index in [1.165, 1.54) is 18.2 Å². The molecule has 1 heterocycles. The number of oxazole rings is 1. The van der Waals surface area contributed by atoms with Crippen molar-refractivity contribution in [3.05, 3.63) is 48.0 Å². The van der Waals surface area contributed by atoms with Crippen LogP contribution in [0.5, 0.6) is 0 Å². The molecule has 1 aromatic carbocycles. The van der Waals surface area contributed by atoms with Crippen LogP contribution in [0.1, 0.15) is 31.9 Å². The van der Waals surface area contributed by atoms with Gasteiger partial charge in [0.25, 0.3) is 0 Å². The van der Waals surface area contributed by atoms with Crippen LogP contribution in [-0.4, -0.2) is 15.1 Å². The van der Waals surface area contributed by atoms with E-state index in [1.807, 2.05) is 12.1 Å². The topological polar surface area (TPSA) is 43.1 Å². The summed E-state index contributed by atoms with van der Waals surface area (Å²) < 4.78 is 17.7. The molecule has 102 valence electrons. The minimum absolute atomic E-state index is 0.0737. The van der Waals surface area contributed by atoms with Crippen LogP contribution in [0.3, 0.4) is 0 Å². The lowest BCUT2D eigenvalue weighted by atomic mass is 9.86. The molecule has 0 saturated carbocycles. The Morgan fingerprint density at radius 1 is 1.37 bits per heavy atom. The monoisotopic (exact) mass is 277 g/mol. The molecule has 1 unspecified atom stereocenters. The van der Waals surface area contributed by atoms with E-state index in [0.717, 1.165) is 5.56 Å². The van der Waals surface area contributed by atoms with Crippen molar-refractivity contribution in [1.29, 1.82) is 0 Å². The molecular formula is C15H19NO2S. The van der Waals surface area contributed by atoms with Gasteiger partial charge in [0.2, 0.25) is 5.09 Å². The zero-order valence-corrected chi connectivity index (χ0v) is 12.4. The van der Waals surface area contributed by atoms with Crippen molar-refractivity contribution in [2.45, 2.75) is 37.0 Å². The average Bonchev–Trinajstić information content (AvgIpc) is 2.81. The largest absolute Gasteiger partial charge is 0.435 e. The fourth-order valence-electron chi connectivity index (χ4n) is 1.86. The SMILES string of the molecule is C=S(=O)(Cc1cccc(C(C)(C)C)c1)c1cnco1. The summed E-state index contributed by atoms with van der Waals surface area (Å²) in [5, 5.41) is 0.355. The van der Waals surface area contributed by atoms with E-state index >= 15 is 0 Å². The first-order chi connectivity index (χ1) is 8.79. The van der Waals surface area contributed by atoms with Gasteiger partial charge in [0, 0.05) is 15.3 Å². The second kappa shape index (κ2) is 4.85. The predicted octanol–water partition coefficient (Wildman–Crippen LogP) is 3.25. The van der Waals surface area contributed by atoms with Crippen molar-refractivity contribution < 1.29 is 8.63 Å².